The summed E-state index contributed by atoms with van der Waals surface area (Å²) < 4.78 is 28.2. The first-order valence-corrected chi connectivity index (χ1v) is 8.43. The van der Waals surface area contributed by atoms with Crippen LogP contribution < -0.4 is 5.32 Å². The highest BCUT2D eigenvalue weighted by atomic mass is 32.2. The van der Waals surface area contributed by atoms with E-state index >= 15 is 0 Å². The molecule has 0 aliphatic rings. The second kappa shape index (κ2) is 11.0. The van der Waals surface area contributed by atoms with Gasteiger partial charge in [-0.2, -0.15) is 0 Å². The Kier molecular flexibility index (Phi) is 10.9. The molecular weight excluding hydrogens is 238 g/mol. The van der Waals surface area contributed by atoms with Gasteiger partial charge in [-0.1, -0.05) is 13.3 Å². The molecule has 0 heterocycles. The maximum atomic E-state index is 11.5. The van der Waals surface area contributed by atoms with Crippen LogP contribution >= 0.6 is 0 Å². The Morgan fingerprint density at radius 2 is 1.76 bits per heavy atom. The van der Waals surface area contributed by atoms with Gasteiger partial charge in [0.05, 0.1) is 11.5 Å². The van der Waals surface area contributed by atoms with E-state index < -0.39 is 9.84 Å². The molecule has 0 rings (SSSR count). The van der Waals surface area contributed by atoms with Crippen molar-refractivity contribution in [3.63, 3.8) is 0 Å². The second-order valence-corrected chi connectivity index (χ2v) is 6.46. The summed E-state index contributed by atoms with van der Waals surface area (Å²) in [4.78, 5) is 0. The number of unbranched alkanes of at least 4 members (excludes halogenated alkanes) is 2. The van der Waals surface area contributed by atoms with E-state index in [9.17, 15) is 8.42 Å². The van der Waals surface area contributed by atoms with Crippen molar-refractivity contribution >= 4 is 9.84 Å². The highest BCUT2D eigenvalue weighted by Crippen LogP contribution is 1.96. The highest BCUT2D eigenvalue weighted by molar-refractivity contribution is 7.91. The Morgan fingerprint density at radius 1 is 1.00 bits per heavy atom. The first-order valence-electron chi connectivity index (χ1n) is 6.61. The maximum absolute atomic E-state index is 11.5. The van der Waals surface area contributed by atoms with Gasteiger partial charge in [0.15, 0.2) is 9.84 Å². The van der Waals surface area contributed by atoms with E-state index in [0.29, 0.717) is 12.3 Å². The van der Waals surface area contributed by atoms with Gasteiger partial charge in [-0.05, 0) is 32.7 Å². The van der Waals surface area contributed by atoms with Crippen molar-refractivity contribution in [3.05, 3.63) is 0 Å². The van der Waals surface area contributed by atoms with Crippen molar-refractivity contribution in [1.29, 1.82) is 0 Å². The third kappa shape index (κ3) is 12.1. The minimum Gasteiger partial charge on any atom is -0.382 e. The Morgan fingerprint density at radius 3 is 2.41 bits per heavy atom. The Balaban J connectivity index is 3.32. The summed E-state index contributed by atoms with van der Waals surface area (Å²) in [6.07, 6.45) is 3.78. The lowest BCUT2D eigenvalue weighted by atomic mass is 10.3. The summed E-state index contributed by atoms with van der Waals surface area (Å²) in [6.45, 7) is 7.00. The van der Waals surface area contributed by atoms with Gasteiger partial charge in [0.2, 0.25) is 0 Å². The van der Waals surface area contributed by atoms with Gasteiger partial charge in [-0.25, -0.2) is 8.42 Å². The molecule has 0 aromatic rings. The van der Waals surface area contributed by atoms with Crippen LogP contribution in [0.15, 0.2) is 0 Å². The molecule has 104 valence electrons. The number of hydrogen-bond acceptors (Lipinski definition) is 4. The molecular formula is C12H27NO3S. The quantitative estimate of drug-likeness (QED) is 0.545. The number of hydrogen-bond donors (Lipinski definition) is 1. The average Bonchev–Trinajstić information content (AvgIpc) is 2.30. The van der Waals surface area contributed by atoms with Crippen molar-refractivity contribution in [1.82, 2.24) is 5.32 Å². The van der Waals surface area contributed by atoms with E-state index in [1.165, 1.54) is 0 Å². The molecule has 17 heavy (non-hydrogen) atoms. The summed E-state index contributed by atoms with van der Waals surface area (Å²) in [5, 5.41) is 3.16. The zero-order chi connectivity index (χ0) is 13.0. The van der Waals surface area contributed by atoms with Crippen molar-refractivity contribution in [2.24, 2.45) is 0 Å². The van der Waals surface area contributed by atoms with Crippen LogP contribution in [0.3, 0.4) is 0 Å². The van der Waals surface area contributed by atoms with E-state index in [0.717, 1.165) is 45.4 Å². The van der Waals surface area contributed by atoms with Gasteiger partial charge in [0.1, 0.15) is 0 Å². The predicted octanol–water partition coefficient (Wildman–Crippen LogP) is 1.61. The lowest BCUT2D eigenvalue weighted by Crippen LogP contribution is -2.25. The first kappa shape index (κ1) is 16.9. The van der Waals surface area contributed by atoms with Crippen molar-refractivity contribution in [3.8, 4) is 0 Å². The van der Waals surface area contributed by atoms with Gasteiger partial charge in [-0.15, -0.1) is 0 Å². The molecule has 0 atom stereocenters. The van der Waals surface area contributed by atoms with Gasteiger partial charge in [0.25, 0.3) is 0 Å². The SMILES string of the molecule is CCCCS(=O)(=O)CCNCCCCOCC. The van der Waals surface area contributed by atoms with Gasteiger partial charge in [0, 0.05) is 19.8 Å². The summed E-state index contributed by atoms with van der Waals surface area (Å²) in [5.41, 5.74) is 0. The van der Waals surface area contributed by atoms with Crippen molar-refractivity contribution in [2.75, 3.05) is 37.8 Å². The molecule has 0 aliphatic carbocycles. The fourth-order valence-corrected chi connectivity index (χ4v) is 2.81. The lowest BCUT2D eigenvalue weighted by Gasteiger charge is -2.06. The summed E-state index contributed by atoms with van der Waals surface area (Å²) in [7, 11) is -2.83. The van der Waals surface area contributed by atoms with Crippen molar-refractivity contribution in [2.45, 2.75) is 39.5 Å². The molecule has 0 bridgehead atoms. The minimum atomic E-state index is -2.83. The third-order valence-electron chi connectivity index (χ3n) is 2.50. The highest BCUT2D eigenvalue weighted by Gasteiger charge is 2.08. The summed E-state index contributed by atoms with van der Waals surface area (Å²) in [5.74, 6) is 0.591. The molecule has 0 spiro atoms. The van der Waals surface area contributed by atoms with Crippen LogP contribution in [0.4, 0.5) is 0 Å². The minimum absolute atomic E-state index is 0.262. The Hall–Kier alpha value is -0.130. The van der Waals surface area contributed by atoms with Crippen LogP contribution in [-0.2, 0) is 14.6 Å². The molecule has 0 fully saturated rings. The van der Waals surface area contributed by atoms with Gasteiger partial charge in [-0.3, -0.25) is 0 Å². The monoisotopic (exact) mass is 265 g/mol. The second-order valence-electron chi connectivity index (χ2n) is 4.16. The van der Waals surface area contributed by atoms with Crippen LogP contribution in [0.25, 0.3) is 0 Å². The van der Waals surface area contributed by atoms with Gasteiger partial charge >= 0.3 is 0 Å². The lowest BCUT2D eigenvalue weighted by molar-refractivity contribution is 0.143. The molecule has 0 aromatic heterocycles. The van der Waals surface area contributed by atoms with Crippen LogP contribution in [0.5, 0.6) is 0 Å². The predicted molar refractivity (Wildman–Crippen MR) is 72.2 cm³/mol. The van der Waals surface area contributed by atoms with Crippen LogP contribution in [0.2, 0.25) is 0 Å². The molecule has 4 nitrogen and oxygen atoms in total. The van der Waals surface area contributed by atoms with E-state index in [-0.39, 0.29) is 5.75 Å². The van der Waals surface area contributed by atoms with Gasteiger partial charge < -0.3 is 10.1 Å². The van der Waals surface area contributed by atoms with E-state index in [4.69, 9.17) is 4.74 Å². The Labute approximate surface area is 106 Å². The third-order valence-corrected chi connectivity index (χ3v) is 4.23. The maximum Gasteiger partial charge on any atom is 0.151 e. The largest absolute Gasteiger partial charge is 0.382 e. The standard InChI is InChI=1S/C12H27NO3S/c1-3-5-11-17(14,15)12-9-13-8-6-7-10-16-4-2/h13H,3-12H2,1-2H3. The number of rotatable bonds is 12. The molecule has 0 unspecified atom stereocenters. The van der Waals surface area contributed by atoms with E-state index in [2.05, 4.69) is 5.32 Å². The van der Waals surface area contributed by atoms with Crippen LogP contribution in [0, 0.1) is 0 Å². The molecule has 1 N–H and O–H groups in total. The molecule has 0 saturated carbocycles. The number of ether oxygens (including phenoxy) is 1. The Bertz CT molecular complexity index is 252. The molecule has 0 aromatic carbocycles. The topological polar surface area (TPSA) is 55.4 Å². The van der Waals surface area contributed by atoms with E-state index in [1.54, 1.807) is 0 Å². The normalized spacial score (nSPS) is 11.9. The molecule has 0 aliphatic heterocycles. The zero-order valence-corrected chi connectivity index (χ0v) is 12.0. The molecule has 0 saturated heterocycles. The molecule has 0 radical (unpaired) electrons. The number of nitrogens with one attached hydrogen (secondary N) is 1. The van der Waals surface area contributed by atoms with Crippen molar-refractivity contribution < 1.29 is 13.2 Å². The van der Waals surface area contributed by atoms with Crippen LogP contribution in [-0.4, -0.2) is 46.2 Å². The average molecular weight is 265 g/mol. The fourth-order valence-electron chi connectivity index (χ4n) is 1.42. The fraction of sp³-hybridized carbons (Fsp3) is 1.00. The van der Waals surface area contributed by atoms with E-state index in [1.807, 2.05) is 13.8 Å². The summed E-state index contributed by atoms with van der Waals surface area (Å²) in [6, 6.07) is 0. The number of sulfone groups is 1. The summed E-state index contributed by atoms with van der Waals surface area (Å²) >= 11 is 0. The molecule has 0 amide bonds. The smallest absolute Gasteiger partial charge is 0.151 e. The zero-order valence-electron chi connectivity index (χ0n) is 11.2. The first-order chi connectivity index (χ1) is 8.12. The molecule has 5 heteroatoms. The van der Waals surface area contributed by atoms with Crippen LogP contribution in [0.1, 0.15) is 39.5 Å².